The van der Waals surface area contributed by atoms with Crippen molar-refractivity contribution in [2.45, 2.75) is 62.9 Å². The van der Waals surface area contributed by atoms with E-state index >= 15 is 0 Å². The number of nitrogens with two attached hydrogens (primary N) is 1. The minimum absolute atomic E-state index is 0.527. The highest BCUT2D eigenvalue weighted by atomic mass is 15.2. The largest absolute Gasteiger partial charge is 0.330 e. The van der Waals surface area contributed by atoms with Crippen LogP contribution in [0.1, 0.15) is 56.4 Å². The summed E-state index contributed by atoms with van der Waals surface area (Å²) in [5.41, 5.74) is 7.43. The summed E-state index contributed by atoms with van der Waals surface area (Å²) in [6, 6.07) is 12.6. The van der Waals surface area contributed by atoms with E-state index in [0.717, 1.165) is 18.6 Å². The van der Waals surface area contributed by atoms with E-state index in [2.05, 4.69) is 35.2 Å². The van der Waals surface area contributed by atoms with Gasteiger partial charge in [-0.1, -0.05) is 43.2 Å². The molecule has 0 saturated carbocycles. The number of benzene rings is 1. The highest BCUT2D eigenvalue weighted by Crippen LogP contribution is 2.34. The molecule has 2 aliphatic rings. The van der Waals surface area contributed by atoms with Gasteiger partial charge in [-0.2, -0.15) is 0 Å². The second-order valence-corrected chi connectivity index (χ2v) is 6.54. The van der Waals surface area contributed by atoms with Crippen LogP contribution in [-0.2, 0) is 0 Å². The molecule has 0 amide bonds. The van der Waals surface area contributed by atoms with Crippen LogP contribution in [0.2, 0.25) is 0 Å². The Morgan fingerprint density at radius 3 is 2.15 bits per heavy atom. The van der Waals surface area contributed by atoms with Gasteiger partial charge in [0.25, 0.3) is 0 Å². The third kappa shape index (κ3) is 3.07. The first-order valence-corrected chi connectivity index (χ1v) is 8.39. The molecule has 20 heavy (non-hydrogen) atoms. The lowest BCUT2D eigenvalue weighted by Crippen LogP contribution is -2.50. The fourth-order valence-corrected chi connectivity index (χ4v) is 4.24. The van der Waals surface area contributed by atoms with Gasteiger partial charge < -0.3 is 5.73 Å². The Labute approximate surface area is 123 Å². The first-order chi connectivity index (χ1) is 9.88. The van der Waals surface area contributed by atoms with Crippen molar-refractivity contribution in [3.63, 3.8) is 0 Å². The maximum absolute atomic E-state index is 6.02. The van der Waals surface area contributed by atoms with E-state index in [4.69, 9.17) is 5.73 Å². The van der Waals surface area contributed by atoms with Crippen LogP contribution >= 0.6 is 0 Å². The van der Waals surface area contributed by atoms with E-state index in [-0.39, 0.29) is 0 Å². The minimum Gasteiger partial charge on any atom is -0.330 e. The van der Waals surface area contributed by atoms with Gasteiger partial charge in [-0.05, 0) is 56.7 Å². The van der Waals surface area contributed by atoms with Crippen molar-refractivity contribution in [1.29, 1.82) is 0 Å². The zero-order valence-corrected chi connectivity index (χ0v) is 12.5. The van der Waals surface area contributed by atoms with Crippen molar-refractivity contribution in [3.8, 4) is 0 Å². The third-order valence-electron chi connectivity index (χ3n) is 5.38. The summed E-state index contributed by atoms with van der Waals surface area (Å²) >= 11 is 0. The number of hydrogen-bond donors (Lipinski definition) is 1. The van der Waals surface area contributed by atoms with Crippen molar-refractivity contribution in [2.75, 3.05) is 13.1 Å². The molecule has 1 aromatic carbocycles. The molecule has 2 fully saturated rings. The molecule has 2 bridgehead atoms. The molecule has 1 aromatic rings. The van der Waals surface area contributed by atoms with Crippen LogP contribution < -0.4 is 5.73 Å². The topological polar surface area (TPSA) is 29.3 Å². The Balaban J connectivity index is 1.60. The van der Waals surface area contributed by atoms with Gasteiger partial charge in [0.1, 0.15) is 0 Å². The molecular formula is C18H28N2. The van der Waals surface area contributed by atoms with Gasteiger partial charge in [-0.3, -0.25) is 4.90 Å². The molecule has 2 heteroatoms. The Morgan fingerprint density at radius 2 is 1.60 bits per heavy atom. The zero-order valence-electron chi connectivity index (χ0n) is 12.5. The fourth-order valence-electron chi connectivity index (χ4n) is 4.24. The first kappa shape index (κ1) is 14.1. The summed E-state index contributed by atoms with van der Waals surface area (Å²) in [6.07, 6.45) is 9.82. The molecule has 0 spiro atoms. The number of nitrogens with zero attached hydrogens (tertiary/aromatic N) is 1. The van der Waals surface area contributed by atoms with Gasteiger partial charge in [0.15, 0.2) is 0 Å². The quantitative estimate of drug-likeness (QED) is 0.888. The maximum Gasteiger partial charge on any atom is 0.00982 e. The van der Waals surface area contributed by atoms with Gasteiger partial charge >= 0.3 is 0 Å². The zero-order chi connectivity index (χ0) is 13.8. The Kier molecular flexibility index (Phi) is 4.74. The van der Waals surface area contributed by atoms with Gasteiger partial charge in [0.2, 0.25) is 0 Å². The van der Waals surface area contributed by atoms with E-state index in [1.807, 2.05) is 0 Å². The predicted molar refractivity (Wildman–Crippen MR) is 84.8 cm³/mol. The van der Waals surface area contributed by atoms with E-state index in [0.29, 0.717) is 5.92 Å². The maximum atomic E-state index is 6.02. The normalized spacial score (nSPS) is 28.2. The lowest BCUT2D eigenvalue weighted by Gasteiger charge is -2.46. The molecule has 2 N–H and O–H groups in total. The summed E-state index contributed by atoms with van der Waals surface area (Å²) in [4.78, 5) is 2.82. The van der Waals surface area contributed by atoms with Crippen LogP contribution in [0.5, 0.6) is 0 Å². The van der Waals surface area contributed by atoms with Crippen molar-refractivity contribution in [1.82, 2.24) is 4.90 Å². The van der Waals surface area contributed by atoms with Crippen LogP contribution in [0.4, 0.5) is 0 Å². The molecule has 1 atom stereocenters. The van der Waals surface area contributed by atoms with Gasteiger partial charge in [-0.15, -0.1) is 0 Å². The molecule has 0 aliphatic carbocycles. The minimum atomic E-state index is 0.527. The van der Waals surface area contributed by atoms with E-state index in [1.165, 1.54) is 57.1 Å². The summed E-state index contributed by atoms with van der Waals surface area (Å²) < 4.78 is 0. The lowest BCUT2D eigenvalue weighted by molar-refractivity contribution is 0.0381. The molecule has 2 heterocycles. The van der Waals surface area contributed by atoms with Gasteiger partial charge in [-0.25, -0.2) is 0 Å². The molecule has 3 rings (SSSR count). The first-order valence-electron chi connectivity index (χ1n) is 8.39. The van der Waals surface area contributed by atoms with Crippen molar-refractivity contribution < 1.29 is 0 Å². The smallest absolute Gasteiger partial charge is 0.00982 e. The molecule has 1 unspecified atom stereocenters. The molecular weight excluding hydrogens is 244 g/mol. The fraction of sp³-hybridized carbons (Fsp3) is 0.667. The van der Waals surface area contributed by atoms with Gasteiger partial charge in [0, 0.05) is 12.1 Å². The van der Waals surface area contributed by atoms with Gasteiger partial charge in [0.05, 0.1) is 0 Å². The summed E-state index contributed by atoms with van der Waals surface area (Å²) in [6.45, 7) is 2.01. The molecule has 0 aromatic heterocycles. The van der Waals surface area contributed by atoms with Crippen molar-refractivity contribution in [2.24, 2.45) is 5.73 Å². The van der Waals surface area contributed by atoms with Crippen LogP contribution in [0, 0.1) is 0 Å². The average molecular weight is 272 g/mol. The van der Waals surface area contributed by atoms with E-state index in [1.54, 1.807) is 0 Å². The standard InChI is InChI=1S/C18H28N2/c19-14-16(15-6-2-1-3-7-15)12-13-20-17-8-4-9-18(20)11-5-10-17/h1-3,6-7,16-18H,4-5,8-14,19H2. The molecule has 0 radical (unpaired) electrons. The number of rotatable bonds is 5. The van der Waals surface area contributed by atoms with E-state index < -0.39 is 0 Å². The molecule has 2 saturated heterocycles. The number of piperidine rings is 2. The van der Waals surface area contributed by atoms with Crippen LogP contribution in [0.15, 0.2) is 30.3 Å². The van der Waals surface area contributed by atoms with Crippen molar-refractivity contribution in [3.05, 3.63) is 35.9 Å². The second-order valence-electron chi connectivity index (χ2n) is 6.54. The van der Waals surface area contributed by atoms with Crippen LogP contribution in [0.25, 0.3) is 0 Å². The Hall–Kier alpha value is -0.860. The Morgan fingerprint density at radius 1 is 1.00 bits per heavy atom. The summed E-state index contributed by atoms with van der Waals surface area (Å²) in [5.74, 6) is 0.527. The summed E-state index contributed by atoms with van der Waals surface area (Å²) in [5, 5.41) is 0. The van der Waals surface area contributed by atoms with Crippen LogP contribution in [-0.4, -0.2) is 30.1 Å². The molecule has 110 valence electrons. The summed E-state index contributed by atoms with van der Waals surface area (Å²) in [7, 11) is 0. The lowest BCUT2D eigenvalue weighted by atomic mass is 9.84. The van der Waals surface area contributed by atoms with E-state index in [9.17, 15) is 0 Å². The third-order valence-corrected chi connectivity index (χ3v) is 5.38. The highest BCUT2D eigenvalue weighted by molar-refractivity contribution is 5.19. The molecule has 2 aliphatic heterocycles. The predicted octanol–water partition coefficient (Wildman–Crippen LogP) is 3.53. The second kappa shape index (κ2) is 6.73. The van der Waals surface area contributed by atoms with Crippen molar-refractivity contribution >= 4 is 0 Å². The number of fused-ring (bicyclic) bond motifs is 2. The SMILES string of the molecule is NCC(CCN1C2CCCC1CCC2)c1ccccc1. The average Bonchev–Trinajstić information content (AvgIpc) is 2.48. The highest BCUT2D eigenvalue weighted by Gasteiger charge is 2.33. The Bertz CT molecular complexity index is 381. The molecule has 2 nitrogen and oxygen atoms in total. The monoisotopic (exact) mass is 272 g/mol. The van der Waals surface area contributed by atoms with Crippen LogP contribution in [0.3, 0.4) is 0 Å². The number of hydrogen-bond acceptors (Lipinski definition) is 2.